The van der Waals surface area contributed by atoms with Gasteiger partial charge in [-0.25, -0.2) is 14.4 Å². The van der Waals surface area contributed by atoms with Crippen LogP contribution in [0.3, 0.4) is 0 Å². The van der Waals surface area contributed by atoms with E-state index in [0.29, 0.717) is 6.42 Å². The lowest BCUT2D eigenvalue weighted by Crippen LogP contribution is -2.50. The van der Waals surface area contributed by atoms with Crippen LogP contribution in [0.2, 0.25) is 0 Å². The maximum atomic E-state index is 12.3. The van der Waals surface area contributed by atoms with Crippen molar-refractivity contribution in [1.29, 1.82) is 0 Å². The summed E-state index contributed by atoms with van der Waals surface area (Å²) < 4.78 is 21.0. The number of carbonyl (C=O) groups is 3. The molecule has 1 saturated heterocycles. The van der Waals surface area contributed by atoms with E-state index in [1.807, 2.05) is 6.92 Å². The molecule has 0 radical (unpaired) electrons. The number of allylic oxidation sites excluding steroid dienone is 6. The van der Waals surface area contributed by atoms with Gasteiger partial charge in [0.1, 0.15) is 5.57 Å². The van der Waals surface area contributed by atoms with E-state index in [-0.39, 0.29) is 17.1 Å². The predicted octanol–water partition coefficient (Wildman–Crippen LogP) is 2.47. The van der Waals surface area contributed by atoms with Crippen LogP contribution in [0.5, 0.6) is 0 Å². The fraction of sp³-hybridized carbons (Fsp3) is 0.435. The summed E-state index contributed by atoms with van der Waals surface area (Å²) in [7, 11) is 0. The topological polar surface area (TPSA) is 111 Å². The molecule has 8 heteroatoms. The summed E-state index contributed by atoms with van der Waals surface area (Å²) >= 11 is 0. The van der Waals surface area contributed by atoms with E-state index in [4.69, 9.17) is 18.9 Å². The highest BCUT2D eigenvalue weighted by Gasteiger charge is 2.43. The molecule has 2 atom stereocenters. The van der Waals surface area contributed by atoms with Crippen molar-refractivity contribution in [2.24, 2.45) is 5.92 Å². The highest BCUT2D eigenvalue weighted by Crippen LogP contribution is 2.41. The van der Waals surface area contributed by atoms with Gasteiger partial charge in [-0.05, 0) is 31.4 Å². The zero-order valence-electron chi connectivity index (χ0n) is 17.7. The summed E-state index contributed by atoms with van der Waals surface area (Å²) in [4.78, 5) is 35.9. The van der Waals surface area contributed by atoms with E-state index >= 15 is 0 Å². The van der Waals surface area contributed by atoms with Crippen molar-refractivity contribution < 1.29 is 38.4 Å². The molecule has 1 spiro atoms. The van der Waals surface area contributed by atoms with Gasteiger partial charge in [0.25, 0.3) is 5.79 Å². The normalized spacial score (nSPS) is 28.8. The second-order valence-corrected chi connectivity index (χ2v) is 8.04. The molecule has 166 valence electrons. The van der Waals surface area contributed by atoms with E-state index in [1.54, 1.807) is 18.2 Å². The number of esters is 3. The van der Waals surface area contributed by atoms with Gasteiger partial charge in [0.2, 0.25) is 0 Å². The zero-order valence-corrected chi connectivity index (χ0v) is 17.7. The van der Waals surface area contributed by atoms with E-state index < -0.39 is 35.4 Å². The van der Waals surface area contributed by atoms with Crippen LogP contribution in [0.4, 0.5) is 0 Å². The molecule has 3 aliphatic rings. The molecular weight excluding hydrogens is 404 g/mol. The van der Waals surface area contributed by atoms with E-state index in [0.717, 1.165) is 19.3 Å². The van der Waals surface area contributed by atoms with E-state index in [9.17, 15) is 19.5 Å². The van der Waals surface area contributed by atoms with Gasteiger partial charge in [-0.15, -0.1) is 0 Å². The number of cyclic esters (lactones) is 2. The number of carbonyl (C=O) groups excluding carboxylic acids is 3. The third-order valence-corrected chi connectivity index (χ3v) is 5.22. The van der Waals surface area contributed by atoms with E-state index in [1.165, 1.54) is 38.2 Å². The van der Waals surface area contributed by atoms with Crippen LogP contribution in [0.15, 0.2) is 59.6 Å². The smallest absolute Gasteiger partial charge is 0.348 e. The van der Waals surface area contributed by atoms with Gasteiger partial charge in [-0.3, -0.25) is 0 Å². The molecule has 2 unspecified atom stereocenters. The average molecular weight is 429 g/mol. The minimum Gasteiger partial charge on any atom is -0.574 e. The lowest BCUT2D eigenvalue weighted by atomic mass is 9.84. The maximum Gasteiger partial charge on any atom is 0.348 e. The molecule has 3 rings (SSSR count). The van der Waals surface area contributed by atoms with Crippen LogP contribution >= 0.6 is 0 Å². The third kappa shape index (κ3) is 5.07. The molecule has 31 heavy (non-hydrogen) atoms. The standard InChI is InChI=1S/C23H26O8/c1-15-11-9-10-14-23(15)30-20(26)17(21(27)31-23)13-8-6-4-5-7-12-16-18(24)28-22(2,3)29-19(16)25/h4-8,12-13,15,26H,9-11,14H2,1-3H3/p-1. The summed E-state index contributed by atoms with van der Waals surface area (Å²) in [6, 6.07) is 0. The largest absolute Gasteiger partial charge is 0.574 e. The summed E-state index contributed by atoms with van der Waals surface area (Å²) in [5.41, 5.74) is -0.386. The third-order valence-electron chi connectivity index (χ3n) is 5.22. The second-order valence-electron chi connectivity index (χ2n) is 8.04. The molecule has 2 heterocycles. The zero-order chi connectivity index (χ0) is 22.6. The molecule has 0 aromatic rings. The van der Waals surface area contributed by atoms with Gasteiger partial charge in [-0.2, -0.15) is 0 Å². The molecule has 1 saturated carbocycles. The maximum absolute atomic E-state index is 12.3. The molecule has 0 bridgehead atoms. The first-order valence-electron chi connectivity index (χ1n) is 10.2. The van der Waals surface area contributed by atoms with Crippen molar-refractivity contribution in [3.05, 3.63) is 59.6 Å². The van der Waals surface area contributed by atoms with Crippen LogP contribution in [0.25, 0.3) is 0 Å². The van der Waals surface area contributed by atoms with Gasteiger partial charge in [0.05, 0.1) is 11.5 Å². The Balaban J connectivity index is 1.60. The number of hydrogen-bond acceptors (Lipinski definition) is 8. The van der Waals surface area contributed by atoms with Crippen molar-refractivity contribution in [3.63, 3.8) is 0 Å². The Morgan fingerprint density at radius 2 is 1.52 bits per heavy atom. The summed E-state index contributed by atoms with van der Waals surface area (Å²) in [5.74, 6) is -5.36. The van der Waals surface area contributed by atoms with Crippen LogP contribution in [0, 0.1) is 5.92 Å². The summed E-state index contributed by atoms with van der Waals surface area (Å²) in [6.45, 7) is 4.85. The molecule has 0 aromatic heterocycles. The van der Waals surface area contributed by atoms with Gasteiger partial charge in [0, 0.05) is 19.8 Å². The summed E-state index contributed by atoms with van der Waals surface area (Å²) in [5, 5.41) is 12.3. The Morgan fingerprint density at radius 3 is 2.16 bits per heavy atom. The highest BCUT2D eigenvalue weighted by molar-refractivity contribution is 6.15. The lowest BCUT2D eigenvalue weighted by Gasteiger charge is -2.50. The van der Waals surface area contributed by atoms with Gasteiger partial charge >= 0.3 is 17.9 Å². The van der Waals surface area contributed by atoms with Crippen LogP contribution < -0.4 is 5.11 Å². The van der Waals surface area contributed by atoms with Gasteiger partial charge < -0.3 is 24.1 Å². The van der Waals surface area contributed by atoms with Crippen molar-refractivity contribution in [2.45, 2.75) is 58.0 Å². The average Bonchev–Trinajstić information content (AvgIpc) is 2.66. The first-order chi connectivity index (χ1) is 14.6. The molecule has 1 aliphatic carbocycles. The molecule has 2 aliphatic heterocycles. The Kier molecular flexibility index (Phi) is 6.38. The number of ether oxygens (including phenoxy) is 4. The Morgan fingerprint density at radius 1 is 0.871 bits per heavy atom. The molecule has 0 N–H and O–H groups in total. The van der Waals surface area contributed by atoms with Crippen LogP contribution in [-0.2, 0) is 33.3 Å². The van der Waals surface area contributed by atoms with Crippen molar-refractivity contribution in [1.82, 2.24) is 0 Å². The fourth-order valence-electron chi connectivity index (χ4n) is 3.55. The minimum atomic E-state index is -1.28. The molecule has 0 aromatic carbocycles. The van der Waals surface area contributed by atoms with Crippen LogP contribution in [-0.4, -0.2) is 29.5 Å². The predicted molar refractivity (Wildman–Crippen MR) is 106 cm³/mol. The quantitative estimate of drug-likeness (QED) is 0.290. The Labute approximate surface area is 180 Å². The minimum absolute atomic E-state index is 0.0383. The van der Waals surface area contributed by atoms with Gasteiger partial charge in [0.15, 0.2) is 5.79 Å². The molecule has 8 nitrogen and oxygen atoms in total. The molecule has 0 amide bonds. The monoisotopic (exact) mass is 429 g/mol. The molecule has 2 fully saturated rings. The Hall–Kier alpha value is -3.29. The second kappa shape index (κ2) is 8.83. The summed E-state index contributed by atoms with van der Waals surface area (Å²) in [6.07, 6.45) is 13.5. The lowest BCUT2D eigenvalue weighted by molar-refractivity contribution is -0.407. The van der Waals surface area contributed by atoms with Crippen molar-refractivity contribution in [2.75, 3.05) is 0 Å². The molecular formula is C23H25O8-. The first-order valence-corrected chi connectivity index (χ1v) is 10.2. The van der Waals surface area contributed by atoms with Crippen molar-refractivity contribution >= 4 is 17.9 Å². The first kappa shape index (κ1) is 22.4. The SMILES string of the molecule is CC1CCCCC12OC(=O)C(C=CC=CC=CC=C1C(=O)OC(C)(C)OC1=O)=C([O-])O2. The number of rotatable bonds is 4. The Bertz CT molecular complexity index is 896. The van der Waals surface area contributed by atoms with Crippen LogP contribution in [0.1, 0.15) is 46.5 Å². The van der Waals surface area contributed by atoms with Gasteiger partial charge in [-0.1, -0.05) is 43.7 Å². The number of hydrogen-bond donors (Lipinski definition) is 0. The fourth-order valence-corrected chi connectivity index (χ4v) is 3.55. The van der Waals surface area contributed by atoms with Crippen molar-refractivity contribution in [3.8, 4) is 0 Å². The van der Waals surface area contributed by atoms with E-state index in [2.05, 4.69) is 0 Å². The highest BCUT2D eigenvalue weighted by atomic mass is 16.8.